The van der Waals surface area contributed by atoms with Crippen molar-refractivity contribution in [2.75, 3.05) is 14.2 Å². The molecule has 0 aliphatic rings. The molecule has 1 atom stereocenters. The Hall–Kier alpha value is -1.73. The summed E-state index contributed by atoms with van der Waals surface area (Å²) in [7, 11) is 3.15. The zero-order valence-corrected chi connectivity index (χ0v) is 8.86. The van der Waals surface area contributed by atoms with Crippen LogP contribution in [0.5, 0.6) is 11.5 Å². The Morgan fingerprint density at radius 3 is 2.67 bits per heavy atom. The van der Waals surface area contributed by atoms with Gasteiger partial charge >= 0.3 is 0 Å². The number of nitriles is 1. The molecule has 0 radical (unpaired) electrons. The van der Waals surface area contributed by atoms with Gasteiger partial charge in [-0.1, -0.05) is 6.07 Å². The van der Waals surface area contributed by atoms with Crippen LogP contribution in [-0.4, -0.2) is 14.2 Å². The number of rotatable bonds is 4. The van der Waals surface area contributed by atoms with Gasteiger partial charge in [0.1, 0.15) is 11.5 Å². The Labute approximate surface area is 89.2 Å². The topological polar surface area (TPSA) is 68.3 Å². The molecule has 2 N–H and O–H groups in total. The molecule has 1 rings (SSSR count). The summed E-state index contributed by atoms with van der Waals surface area (Å²) in [4.78, 5) is 0. The van der Waals surface area contributed by atoms with Crippen LogP contribution in [0, 0.1) is 11.3 Å². The first-order chi connectivity index (χ1) is 7.22. The monoisotopic (exact) mass is 206 g/mol. The van der Waals surface area contributed by atoms with Crippen molar-refractivity contribution in [3.05, 3.63) is 23.8 Å². The second-order valence-electron chi connectivity index (χ2n) is 3.08. The van der Waals surface area contributed by atoms with Crippen LogP contribution >= 0.6 is 0 Å². The molecule has 0 heterocycles. The third-order valence-electron chi connectivity index (χ3n) is 2.15. The molecule has 1 aromatic rings. The van der Waals surface area contributed by atoms with Gasteiger partial charge in [-0.05, 0) is 6.07 Å². The van der Waals surface area contributed by atoms with E-state index in [1.54, 1.807) is 26.4 Å². The van der Waals surface area contributed by atoms with Gasteiger partial charge in [-0.25, -0.2) is 0 Å². The SMILES string of the molecule is COc1ccc(C(N)CC#N)c(OC)c1. The molecule has 0 aromatic heterocycles. The Morgan fingerprint density at radius 1 is 1.40 bits per heavy atom. The Balaban J connectivity index is 3.02. The van der Waals surface area contributed by atoms with Gasteiger partial charge in [0.15, 0.2) is 0 Å². The highest BCUT2D eigenvalue weighted by Gasteiger charge is 2.12. The summed E-state index contributed by atoms with van der Waals surface area (Å²) < 4.78 is 10.3. The molecule has 4 heteroatoms. The molecule has 0 bridgehead atoms. The van der Waals surface area contributed by atoms with Crippen molar-refractivity contribution in [1.29, 1.82) is 5.26 Å². The van der Waals surface area contributed by atoms with Crippen molar-refractivity contribution >= 4 is 0 Å². The standard InChI is InChI=1S/C11H14N2O2/c1-14-8-3-4-9(10(13)5-6-12)11(7-8)15-2/h3-4,7,10H,5,13H2,1-2H3. The molecule has 0 spiro atoms. The van der Waals surface area contributed by atoms with Crippen molar-refractivity contribution in [2.24, 2.45) is 5.73 Å². The number of ether oxygens (including phenoxy) is 2. The molecule has 4 nitrogen and oxygen atoms in total. The Kier molecular flexibility index (Phi) is 3.95. The van der Waals surface area contributed by atoms with E-state index in [0.717, 1.165) is 5.56 Å². The highest BCUT2D eigenvalue weighted by molar-refractivity contribution is 5.42. The first-order valence-corrected chi connectivity index (χ1v) is 4.57. The third kappa shape index (κ3) is 2.61. The fourth-order valence-electron chi connectivity index (χ4n) is 1.33. The first-order valence-electron chi connectivity index (χ1n) is 4.57. The lowest BCUT2D eigenvalue weighted by Gasteiger charge is -2.13. The number of nitrogens with two attached hydrogens (primary N) is 1. The summed E-state index contributed by atoms with van der Waals surface area (Å²) in [5, 5.41) is 8.57. The van der Waals surface area contributed by atoms with Gasteiger partial charge in [-0.2, -0.15) is 5.26 Å². The molecule has 0 saturated heterocycles. The second kappa shape index (κ2) is 5.23. The van der Waals surface area contributed by atoms with E-state index in [1.165, 1.54) is 0 Å². The highest BCUT2D eigenvalue weighted by Crippen LogP contribution is 2.29. The predicted octanol–water partition coefficient (Wildman–Crippen LogP) is 1.62. The van der Waals surface area contributed by atoms with Crippen LogP contribution < -0.4 is 15.2 Å². The van der Waals surface area contributed by atoms with Gasteiger partial charge in [0, 0.05) is 17.7 Å². The van der Waals surface area contributed by atoms with Crippen LogP contribution in [0.2, 0.25) is 0 Å². The van der Waals surface area contributed by atoms with Crippen molar-refractivity contribution < 1.29 is 9.47 Å². The first kappa shape index (κ1) is 11.3. The second-order valence-corrected chi connectivity index (χ2v) is 3.08. The van der Waals surface area contributed by atoms with E-state index in [9.17, 15) is 0 Å². The summed E-state index contributed by atoms with van der Waals surface area (Å²) in [5.74, 6) is 1.36. The fourth-order valence-corrected chi connectivity index (χ4v) is 1.33. The summed E-state index contributed by atoms with van der Waals surface area (Å²) >= 11 is 0. The van der Waals surface area contributed by atoms with Crippen molar-refractivity contribution in [3.8, 4) is 17.6 Å². The number of methoxy groups -OCH3 is 2. The van der Waals surface area contributed by atoms with E-state index in [1.807, 2.05) is 12.1 Å². The Morgan fingerprint density at radius 2 is 2.13 bits per heavy atom. The van der Waals surface area contributed by atoms with Gasteiger partial charge in [0.25, 0.3) is 0 Å². The molecule has 0 amide bonds. The molecule has 80 valence electrons. The molecular formula is C11H14N2O2. The summed E-state index contributed by atoms with van der Waals surface area (Å²) in [6, 6.07) is 7.09. The maximum absolute atomic E-state index is 8.57. The van der Waals surface area contributed by atoms with E-state index in [-0.39, 0.29) is 12.5 Å². The minimum atomic E-state index is -0.323. The lowest BCUT2D eigenvalue weighted by atomic mass is 10.0. The van der Waals surface area contributed by atoms with Crippen LogP contribution in [0.4, 0.5) is 0 Å². The summed E-state index contributed by atoms with van der Waals surface area (Å²) in [6.45, 7) is 0. The maximum Gasteiger partial charge on any atom is 0.127 e. The van der Waals surface area contributed by atoms with E-state index >= 15 is 0 Å². The van der Waals surface area contributed by atoms with E-state index < -0.39 is 0 Å². The fraction of sp³-hybridized carbons (Fsp3) is 0.364. The molecule has 0 saturated carbocycles. The molecule has 15 heavy (non-hydrogen) atoms. The predicted molar refractivity (Wildman–Crippen MR) is 56.7 cm³/mol. The number of nitrogens with zero attached hydrogens (tertiary/aromatic N) is 1. The van der Waals surface area contributed by atoms with Crippen LogP contribution in [0.1, 0.15) is 18.0 Å². The van der Waals surface area contributed by atoms with Crippen molar-refractivity contribution in [2.45, 2.75) is 12.5 Å². The van der Waals surface area contributed by atoms with Gasteiger partial charge in [0.2, 0.25) is 0 Å². The van der Waals surface area contributed by atoms with Crippen LogP contribution in [0.25, 0.3) is 0 Å². The van der Waals surface area contributed by atoms with Gasteiger partial charge in [-0.15, -0.1) is 0 Å². The number of benzene rings is 1. The zero-order valence-electron chi connectivity index (χ0n) is 8.86. The molecule has 0 fully saturated rings. The average Bonchev–Trinajstić information content (AvgIpc) is 2.28. The summed E-state index contributed by atoms with van der Waals surface area (Å²) in [5.41, 5.74) is 6.65. The van der Waals surface area contributed by atoms with Crippen LogP contribution in [0.15, 0.2) is 18.2 Å². The summed E-state index contributed by atoms with van der Waals surface area (Å²) in [6.07, 6.45) is 0.267. The lowest BCUT2D eigenvalue weighted by molar-refractivity contribution is 0.388. The normalized spacial score (nSPS) is 11.6. The molecule has 0 aliphatic carbocycles. The largest absolute Gasteiger partial charge is 0.497 e. The average molecular weight is 206 g/mol. The molecule has 0 aliphatic heterocycles. The van der Waals surface area contributed by atoms with E-state index in [2.05, 4.69) is 0 Å². The van der Waals surface area contributed by atoms with Gasteiger partial charge in [0.05, 0.1) is 26.7 Å². The minimum absolute atomic E-state index is 0.267. The smallest absolute Gasteiger partial charge is 0.127 e. The van der Waals surface area contributed by atoms with E-state index in [4.69, 9.17) is 20.5 Å². The van der Waals surface area contributed by atoms with Crippen molar-refractivity contribution in [1.82, 2.24) is 0 Å². The Bertz CT molecular complexity index is 371. The number of hydrogen-bond donors (Lipinski definition) is 1. The van der Waals surface area contributed by atoms with Crippen LogP contribution in [-0.2, 0) is 0 Å². The number of hydrogen-bond acceptors (Lipinski definition) is 4. The zero-order chi connectivity index (χ0) is 11.3. The molecule has 1 unspecified atom stereocenters. The molecular weight excluding hydrogens is 192 g/mol. The quantitative estimate of drug-likeness (QED) is 0.812. The highest BCUT2D eigenvalue weighted by atomic mass is 16.5. The van der Waals surface area contributed by atoms with Crippen LogP contribution in [0.3, 0.4) is 0 Å². The third-order valence-corrected chi connectivity index (χ3v) is 2.15. The maximum atomic E-state index is 8.57. The molecule has 1 aromatic carbocycles. The van der Waals surface area contributed by atoms with Crippen molar-refractivity contribution in [3.63, 3.8) is 0 Å². The lowest BCUT2D eigenvalue weighted by Crippen LogP contribution is -2.10. The van der Waals surface area contributed by atoms with Gasteiger partial charge in [-0.3, -0.25) is 0 Å². The van der Waals surface area contributed by atoms with E-state index in [0.29, 0.717) is 11.5 Å². The minimum Gasteiger partial charge on any atom is -0.497 e. The van der Waals surface area contributed by atoms with Gasteiger partial charge < -0.3 is 15.2 Å².